The van der Waals surface area contributed by atoms with Gasteiger partial charge in [0.25, 0.3) is 0 Å². The van der Waals surface area contributed by atoms with Crippen LogP contribution in [0.4, 0.5) is 0 Å². The number of carbonyl (C=O) groups is 2. The molecular formula is C29H28N2O4. The van der Waals surface area contributed by atoms with Crippen LogP contribution in [0, 0.1) is 0 Å². The van der Waals surface area contributed by atoms with Crippen LogP contribution in [0.1, 0.15) is 48.0 Å². The summed E-state index contributed by atoms with van der Waals surface area (Å²) in [6.07, 6.45) is 6.56. The molecule has 4 rings (SSSR count). The van der Waals surface area contributed by atoms with Crippen molar-refractivity contribution in [2.24, 2.45) is 0 Å². The van der Waals surface area contributed by atoms with E-state index in [4.69, 9.17) is 9.84 Å². The van der Waals surface area contributed by atoms with Crippen molar-refractivity contribution in [2.75, 3.05) is 0 Å². The summed E-state index contributed by atoms with van der Waals surface area (Å²) >= 11 is 0. The second-order valence-corrected chi connectivity index (χ2v) is 8.93. The Labute approximate surface area is 204 Å². The highest BCUT2D eigenvalue weighted by atomic mass is 16.5. The Balaban J connectivity index is 1.48. The zero-order valence-electron chi connectivity index (χ0n) is 20.0. The number of para-hydroxylation sites is 1. The van der Waals surface area contributed by atoms with Gasteiger partial charge in [0.1, 0.15) is 0 Å². The maximum atomic E-state index is 13.2. The predicted molar refractivity (Wildman–Crippen MR) is 136 cm³/mol. The van der Waals surface area contributed by atoms with Crippen molar-refractivity contribution in [2.45, 2.75) is 39.0 Å². The van der Waals surface area contributed by atoms with Crippen molar-refractivity contribution >= 4 is 28.7 Å². The highest BCUT2D eigenvalue weighted by Crippen LogP contribution is 2.27. The summed E-state index contributed by atoms with van der Waals surface area (Å²) in [4.78, 5) is 28.8. The minimum atomic E-state index is -0.995. The summed E-state index contributed by atoms with van der Waals surface area (Å²) in [6.45, 7) is 5.76. The molecule has 0 spiro atoms. The van der Waals surface area contributed by atoms with Crippen LogP contribution in [0.3, 0.4) is 0 Å². The predicted octanol–water partition coefficient (Wildman–Crippen LogP) is 5.71. The zero-order valence-corrected chi connectivity index (χ0v) is 20.0. The van der Waals surface area contributed by atoms with E-state index < -0.39 is 17.7 Å². The van der Waals surface area contributed by atoms with Crippen molar-refractivity contribution in [3.8, 4) is 0 Å². The van der Waals surface area contributed by atoms with Crippen LogP contribution in [0.2, 0.25) is 0 Å². The van der Waals surface area contributed by atoms with Gasteiger partial charge in [-0.2, -0.15) is 0 Å². The monoisotopic (exact) mass is 468 g/mol. The summed E-state index contributed by atoms with van der Waals surface area (Å²) in [5, 5.41) is 10.1. The number of fused-ring (bicyclic) bond motifs is 1. The summed E-state index contributed by atoms with van der Waals surface area (Å²) in [5.41, 5.74) is 3.09. The highest BCUT2D eigenvalue weighted by molar-refractivity contribution is 6.09. The molecule has 178 valence electrons. The summed E-state index contributed by atoms with van der Waals surface area (Å²) < 4.78 is 7.65. The molecule has 0 aliphatic heterocycles. The van der Waals surface area contributed by atoms with Crippen molar-refractivity contribution in [3.05, 3.63) is 108 Å². The lowest BCUT2D eigenvalue weighted by molar-refractivity contribution is -0.160. The first kappa shape index (κ1) is 24.1. The molecule has 4 aromatic rings. The fourth-order valence-electron chi connectivity index (χ4n) is 4.00. The number of carbonyl (C=O) groups excluding carboxylic acids is 1. The second kappa shape index (κ2) is 10.1. The van der Waals surface area contributed by atoms with Gasteiger partial charge in [0.2, 0.25) is 5.78 Å². The molecule has 0 amide bonds. The minimum absolute atomic E-state index is 0.0740. The maximum Gasteiger partial charge on any atom is 0.332 e. The quantitative estimate of drug-likeness (QED) is 0.319. The molecule has 0 radical (unpaired) electrons. The Morgan fingerprint density at radius 3 is 2.69 bits per heavy atom. The number of carboxylic acids is 1. The van der Waals surface area contributed by atoms with E-state index in [2.05, 4.69) is 4.98 Å². The lowest BCUT2D eigenvalue weighted by atomic mass is 9.95. The second-order valence-electron chi connectivity index (χ2n) is 8.93. The van der Waals surface area contributed by atoms with Gasteiger partial charge < -0.3 is 14.4 Å². The molecule has 0 fully saturated rings. The molecule has 1 N–H and O–H groups in total. The number of benzene rings is 2. The highest BCUT2D eigenvalue weighted by Gasteiger charge is 2.27. The number of carboxylic acid groups (broad SMARTS) is 1. The van der Waals surface area contributed by atoms with Gasteiger partial charge in [-0.1, -0.05) is 48.6 Å². The van der Waals surface area contributed by atoms with Gasteiger partial charge in [-0.05, 0) is 62.2 Å². The molecule has 2 aromatic heterocycles. The van der Waals surface area contributed by atoms with Gasteiger partial charge in [-0.25, -0.2) is 4.79 Å². The number of rotatable bonds is 9. The Bertz CT molecular complexity index is 1400. The number of hydrogen-bond acceptors (Lipinski definition) is 4. The van der Waals surface area contributed by atoms with E-state index in [9.17, 15) is 9.59 Å². The van der Waals surface area contributed by atoms with E-state index in [1.807, 2.05) is 103 Å². The normalized spacial score (nSPS) is 12.8. The van der Waals surface area contributed by atoms with Crippen LogP contribution >= 0.6 is 0 Å². The minimum Gasteiger partial charge on any atom is -0.479 e. The van der Waals surface area contributed by atoms with Gasteiger partial charge in [0.05, 0.1) is 16.8 Å². The van der Waals surface area contributed by atoms with Crippen molar-refractivity contribution in [1.29, 1.82) is 0 Å². The summed E-state index contributed by atoms with van der Waals surface area (Å²) in [7, 11) is 0. The standard InChI is InChI=1S/C29H28N2O4/c1-20(28(33)34)35-29(2,3)24-12-6-9-21(17-24)10-7-15-31-16-8-14-26(31)27(32)23-18-22-11-4-5-13-25(22)30-19-23/h4-14,16-20H,15H2,1-3H3,(H,33,34)/t20-/m1/s1. The fourth-order valence-corrected chi connectivity index (χ4v) is 4.00. The molecule has 0 unspecified atom stereocenters. The molecule has 35 heavy (non-hydrogen) atoms. The maximum absolute atomic E-state index is 13.2. The third-order valence-corrected chi connectivity index (χ3v) is 5.93. The van der Waals surface area contributed by atoms with Crippen LogP contribution in [0.25, 0.3) is 17.0 Å². The van der Waals surface area contributed by atoms with Crippen molar-refractivity contribution in [3.63, 3.8) is 0 Å². The number of ketones is 1. The summed E-state index contributed by atoms with van der Waals surface area (Å²) in [6, 6.07) is 21.1. The van der Waals surface area contributed by atoms with Crippen LogP contribution in [0.5, 0.6) is 0 Å². The third kappa shape index (κ3) is 5.55. The molecule has 0 bridgehead atoms. The van der Waals surface area contributed by atoms with Crippen molar-refractivity contribution in [1.82, 2.24) is 9.55 Å². The molecule has 0 saturated carbocycles. The molecule has 2 heterocycles. The Morgan fingerprint density at radius 1 is 1.09 bits per heavy atom. The first-order valence-corrected chi connectivity index (χ1v) is 11.5. The molecule has 0 aliphatic carbocycles. The van der Waals surface area contributed by atoms with Crippen LogP contribution in [-0.2, 0) is 21.7 Å². The first-order valence-electron chi connectivity index (χ1n) is 11.5. The van der Waals surface area contributed by atoms with Gasteiger partial charge in [-0.15, -0.1) is 0 Å². The molecule has 2 aromatic carbocycles. The average Bonchev–Trinajstić information content (AvgIpc) is 3.31. The number of ether oxygens (including phenoxy) is 1. The topological polar surface area (TPSA) is 81.4 Å². The van der Waals surface area contributed by atoms with Crippen LogP contribution < -0.4 is 0 Å². The number of aromatic nitrogens is 2. The number of nitrogens with zero attached hydrogens (tertiary/aromatic N) is 2. The SMILES string of the molecule is C[C@@H](OC(C)(C)c1cccc(C=CCn2cccc2C(=O)c2cnc3ccccc3c2)c1)C(=O)O. The third-order valence-electron chi connectivity index (χ3n) is 5.93. The van der Waals surface area contributed by atoms with E-state index >= 15 is 0 Å². The Morgan fingerprint density at radius 2 is 1.89 bits per heavy atom. The Kier molecular flexibility index (Phi) is 6.94. The lowest BCUT2D eigenvalue weighted by Gasteiger charge is -2.28. The van der Waals surface area contributed by atoms with Gasteiger partial charge in [0, 0.05) is 29.9 Å². The first-order chi connectivity index (χ1) is 16.7. The van der Waals surface area contributed by atoms with Crippen LogP contribution in [0.15, 0.2) is 85.2 Å². The van der Waals surface area contributed by atoms with Gasteiger partial charge in [-0.3, -0.25) is 9.78 Å². The Hall–Kier alpha value is -4.03. The largest absolute Gasteiger partial charge is 0.479 e. The molecule has 6 nitrogen and oxygen atoms in total. The number of aliphatic carboxylic acids is 1. The lowest BCUT2D eigenvalue weighted by Crippen LogP contribution is -2.31. The van der Waals surface area contributed by atoms with E-state index in [-0.39, 0.29) is 5.78 Å². The average molecular weight is 469 g/mol. The molecule has 0 saturated heterocycles. The molecule has 6 heteroatoms. The molecular weight excluding hydrogens is 440 g/mol. The van der Waals surface area contributed by atoms with Crippen molar-refractivity contribution < 1.29 is 19.4 Å². The van der Waals surface area contributed by atoms with E-state index in [1.54, 1.807) is 6.20 Å². The van der Waals surface area contributed by atoms with Gasteiger partial charge in [0.15, 0.2) is 6.10 Å². The summed E-state index contributed by atoms with van der Waals surface area (Å²) in [5.74, 6) is -1.07. The molecule has 1 atom stereocenters. The van der Waals surface area contributed by atoms with E-state index in [0.717, 1.165) is 22.0 Å². The zero-order chi connectivity index (χ0) is 25.0. The number of hydrogen-bond donors (Lipinski definition) is 1. The van der Waals surface area contributed by atoms with Crippen LogP contribution in [-0.4, -0.2) is 32.5 Å². The van der Waals surface area contributed by atoms with E-state index in [1.165, 1.54) is 6.92 Å². The number of pyridine rings is 1. The smallest absolute Gasteiger partial charge is 0.332 e. The fraction of sp³-hybridized carbons (Fsp3) is 0.207. The van der Waals surface area contributed by atoms with Gasteiger partial charge >= 0.3 is 5.97 Å². The molecule has 0 aliphatic rings. The number of allylic oxidation sites excluding steroid dienone is 1. The van der Waals surface area contributed by atoms with E-state index in [0.29, 0.717) is 17.8 Å².